The number of hydrogen-bond acceptors (Lipinski definition) is 5. The predicted octanol–water partition coefficient (Wildman–Crippen LogP) is 1.24. The highest BCUT2D eigenvalue weighted by atomic mass is 32.2. The normalized spacial score (nSPS) is 10.2. The van der Waals surface area contributed by atoms with E-state index in [9.17, 15) is 4.79 Å². The first-order valence-electron chi connectivity index (χ1n) is 5.67. The van der Waals surface area contributed by atoms with E-state index in [1.807, 2.05) is 13.8 Å². The monoisotopic (exact) mass is 254 g/mol. The summed E-state index contributed by atoms with van der Waals surface area (Å²) in [4.78, 5) is 19.5. The standard InChI is InChI=1S/C11H18N4OS/c1-3-5-13-9(16)6-17-11-8(4-2)10(12)14-7-15-11/h7H,3-6H2,1-2H3,(H,13,16)(H2,12,14,15). The molecule has 0 fully saturated rings. The van der Waals surface area contributed by atoms with Crippen molar-refractivity contribution in [1.82, 2.24) is 15.3 Å². The van der Waals surface area contributed by atoms with Crippen LogP contribution in [0.2, 0.25) is 0 Å². The zero-order chi connectivity index (χ0) is 12.7. The molecular weight excluding hydrogens is 236 g/mol. The minimum atomic E-state index is 0.0242. The van der Waals surface area contributed by atoms with Crippen LogP contribution in [-0.2, 0) is 11.2 Å². The van der Waals surface area contributed by atoms with Crippen LogP contribution in [0.25, 0.3) is 0 Å². The highest BCUT2D eigenvalue weighted by Gasteiger charge is 2.09. The van der Waals surface area contributed by atoms with Crippen LogP contribution in [-0.4, -0.2) is 28.2 Å². The Morgan fingerprint density at radius 3 is 2.88 bits per heavy atom. The fraction of sp³-hybridized carbons (Fsp3) is 0.545. The summed E-state index contributed by atoms with van der Waals surface area (Å²) in [5.74, 6) is 0.888. The number of nitrogens with two attached hydrogens (primary N) is 1. The fourth-order valence-corrected chi connectivity index (χ4v) is 2.23. The second-order valence-electron chi connectivity index (χ2n) is 3.53. The molecule has 0 aliphatic rings. The van der Waals surface area contributed by atoms with E-state index in [4.69, 9.17) is 5.73 Å². The molecule has 94 valence electrons. The number of thioether (sulfide) groups is 1. The number of amides is 1. The predicted molar refractivity (Wildman–Crippen MR) is 69.8 cm³/mol. The van der Waals surface area contributed by atoms with Crippen LogP contribution in [0.3, 0.4) is 0 Å². The Labute approximate surface area is 106 Å². The average molecular weight is 254 g/mol. The number of nitrogens with one attached hydrogen (secondary N) is 1. The van der Waals surface area contributed by atoms with Gasteiger partial charge in [0.2, 0.25) is 5.91 Å². The summed E-state index contributed by atoms with van der Waals surface area (Å²) in [6.45, 7) is 4.73. The first kappa shape index (κ1) is 13.8. The smallest absolute Gasteiger partial charge is 0.230 e. The van der Waals surface area contributed by atoms with E-state index >= 15 is 0 Å². The maximum atomic E-state index is 11.5. The Balaban J connectivity index is 2.57. The van der Waals surface area contributed by atoms with E-state index in [2.05, 4.69) is 15.3 Å². The number of nitrogen functional groups attached to an aromatic ring is 1. The Hall–Kier alpha value is -1.30. The first-order chi connectivity index (χ1) is 8.19. The third kappa shape index (κ3) is 4.22. The van der Waals surface area contributed by atoms with E-state index in [0.717, 1.165) is 23.4 Å². The van der Waals surface area contributed by atoms with Gasteiger partial charge in [-0.1, -0.05) is 25.6 Å². The summed E-state index contributed by atoms with van der Waals surface area (Å²) in [5.41, 5.74) is 6.67. The molecule has 0 saturated heterocycles. The minimum Gasteiger partial charge on any atom is -0.383 e. The number of rotatable bonds is 6. The summed E-state index contributed by atoms with van der Waals surface area (Å²) in [6, 6.07) is 0. The van der Waals surface area contributed by atoms with Gasteiger partial charge >= 0.3 is 0 Å². The van der Waals surface area contributed by atoms with Gasteiger partial charge in [0.15, 0.2) is 0 Å². The number of nitrogens with zero attached hydrogens (tertiary/aromatic N) is 2. The topological polar surface area (TPSA) is 80.9 Å². The Bertz CT molecular complexity index is 384. The fourth-order valence-electron chi connectivity index (χ4n) is 1.31. The molecule has 0 aromatic carbocycles. The second kappa shape index (κ2) is 7.11. The Morgan fingerprint density at radius 1 is 1.47 bits per heavy atom. The molecule has 0 aliphatic carbocycles. The molecular formula is C11H18N4OS. The van der Waals surface area contributed by atoms with E-state index in [-0.39, 0.29) is 5.91 Å². The van der Waals surface area contributed by atoms with Gasteiger partial charge in [-0.2, -0.15) is 0 Å². The van der Waals surface area contributed by atoms with Crippen molar-refractivity contribution in [2.24, 2.45) is 0 Å². The molecule has 6 heteroatoms. The number of carbonyl (C=O) groups is 1. The van der Waals surface area contributed by atoms with Crippen molar-refractivity contribution in [3.05, 3.63) is 11.9 Å². The molecule has 0 spiro atoms. The highest BCUT2D eigenvalue weighted by molar-refractivity contribution is 7.99. The highest BCUT2D eigenvalue weighted by Crippen LogP contribution is 2.23. The van der Waals surface area contributed by atoms with E-state index < -0.39 is 0 Å². The molecule has 1 aromatic rings. The zero-order valence-electron chi connectivity index (χ0n) is 10.2. The van der Waals surface area contributed by atoms with Crippen LogP contribution >= 0.6 is 11.8 Å². The summed E-state index contributed by atoms with van der Waals surface area (Å²) < 4.78 is 0. The maximum absolute atomic E-state index is 11.5. The molecule has 1 amide bonds. The lowest BCUT2D eigenvalue weighted by atomic mass is 10.2. The van der Waals surface area contributed by atoms with Crippen molar-refractivity contribution >= 4 is 23.5 Å². The molecule has 1 heterocycles. The van der Waals surface area contributed by atoms with Crippen molar-refractivity contribution < 1.29 is 4.79 Å². The van der Waals surface area contributed by atoms with E-state index in [1.54, 1.807) is 0 Å². The van der Waals surface area contributed by atoms with Crippen molar-refractivity contribution in [3.8, 4) is 0 Å². The van der Waals surface area contributed by atoms with Crippen LogP contribution < -0.4 is 11.1 Å². The largest absolute Gasteiger partial charge is 0.383 e. The van der Waals surface area contributed by atoms with Crippen LogP contribution in [0.5, 0.6) is 0 Å². The van der Waals surface area contributed by atoms with Gasteiger partial charge in [-0.3, -0.25) is 4.79 Å². The van der Waals surface area contributed by atoms with Gasteiger partial charge in [0.05, 0.1) is 5.75 Å². The number of anilines is 1. The third-order valence-electron chi connectivity index (χ3n) is 2.20. The molecule has 17 heavy (non-hydrogen) atoms. The van der Waals surface area contributed by atoms with Crippen LogP contribution in [0.15, 0.2) is 11.4 Å². The van der Waals surface area contributed by atoms with E-state index in [1.165, 1.54) is 18.1 Å². The molecule has 0 radical (unpaired) electrons. The SMILES string of the molecule is CCCNC(=O)CSc1ncnc(N)c1CC. The van der Waals surface area contributed by atoms with Gasteiger partial charge in [-0.15, -0.1) is 0 Å². The molecule has 3 N–H and O–H groups in total. The summed E-state index contributed by atoms with van der Waals surface area (Å²) in [7, 11) is 0. The van der Waals surface area contributed by atoms with Gasteiger partial charge < -0.3 is 11.1 Å². The molecule has 0 atom stereocenters. The van der Waals surface area contributed by atoms with Gasteiger partial charge in [-0.05, 0) is 12.8 Å². The van der Waals surface area contributed by atoms with Crippen LogP contribution in [0, 0.1) is 0 Å². The quantitative estimate of drug-likeness (QED) is 0.589. The van der Waals surface area contributed by atoms with Gasteiger partial charge in [0, 0.05) is 12.1 Å². The van der Waals surface area contributed by atoms with Gasteiger partial charge in [0.1, 0.15) is 17.2 Å². The number of carbonyl (C=O) groups excluding carboxylic acids is 1. The van der Waals surface area contributed by atoms with E-state index in [0.29, 0.717) is 18.1 Å². The second-order valence-corrected chi connectivity index (χ2v) is 4.50. The Morgan fingerprint density at radius 2 is 2.24 bits per heavy atom. The average Bonchev–Trinajstić information content (AvgIpc) is 2.33. The lowest BCUT2D eigenvalue weighted by Crippen LogP contribution is -2.25. The maximum Gasteiger partial charge on any atom is 0.230 e. The number of aromatic nitrogens is 2. The third-order valence-corrected chi connectivity index (χ3v) is 3.24. The van der Waals surface area contributed by atoms with Crippen LogP contribution in [0.4, 0.5) is 5.82 Å². The molecule has 1 aromatic heterocycles. The minimum absolute atomic E-state index is 0.0242. The van der Waals surface area contributed by atoms with Crippen molar-refractivity contribution in [3.63, 3.8) is 0 Å². The molecule has 0 bridgehead atoms. The van der Waals surface area contributed by atoms with Gasteiger partial charge in [-0.25, -0.2) is 9.97 Å². The van der Waals surface area contributed by atoms with Crippen molar-refractivity contribution in [1.29, 1.82) is 0 Å². The summed E-state index contributed by atoms with van der Waals surface area (Å²) in [6.07, 6.45) is 3.14. The van der Waals surface area contributed by atoms with Crippen LogP contribution in [0.1, 0.15) is 25.8 Å². The Kier molecular flexibility index (Phi) is 5.76. The van der Waals surface area contributed by atoms with Crippen molar-refractivity contribution in [2.45, 2.75) is 31.7 Å². The van der Waals surface area contributed by atoms with Gasteiger partial charge in [0.25, 0.3) is 0 Å². The van der Waals surface area contributed by atoms with Crippen molar-refractivity contribution in [2.75, 3.05) is 18.0 Å². The molecule has 0 aliphatic heterocycles. The molecule has 0 unspecified atom stereocenters. The summed E-state index contributed by atoms with van der Waals surface area (Å²) >= 11 is 1.40. The lowest BCUT2D eigenvalue weighted by molar-refractivity contribution is -0.118. The molecule has 0 saturated carbocycles. The summed E-state index contributed by atoms with van der Waals surface area (Å²) in [5, 5.41) is 3.62. The lowest BCUT2D eigenvalue weighted by Gasteiger charge is -2.08. The molecule has 1 rings (SSSR count). The first-order valence-corrected chi connectivity index (χ1v) is 6.66. The number of hydrogen-bond donors (Lipinski definition) is 2. The zero-order valence-corrected chi connectivity index (χ0v) is 11.0. The molecule has 5 nitrogen and oxygen atoms in total.